The molecule has 1 fully saturated rings. The van der Waals surface area contributed by atoms with E-state index in [2.05, 4.69) is 5.32 Å². The Kier molecular flexibility index (Phi) is 5.33. The highest BCUT2D eigenvalue weighted by atomic mass is 16.5. The molecule has 0 radical (unpaired) electrons. The number of para-hydroxylation sites is 2. The molecule has 2 heterocycles. The van der Waals surface area contributed by atoms with Crippen LogP contribution in [0, 0.1) is 12.8 Å². The molecule has 1 atom stereocenters. The fourth-order valence-electron chi connectivity index (χ4n) is 3.32. The first kappa shape index (κ1) is 18.8. The molecule has 1 aromatic heterocycles. The van der Waals surface area contributed by atoms with Crippen LogP contribution in [0.5, 0.6) is 11.5 Å². The van der Waals surface area contributed by atoms with Gasteiger partial charge in [-0.1, -0.05) is 29.8 Å². The van der Waals surface area contributed by atoms with Crippen LogP contribution in [0.15, 0.2) is 71.3 Å². The van der Waals surface area contributed by atoms with Gasteiger partial charge in [-0.25, -0.2) is 0 Å². The number of nitrogens with zero attached hydrogens (tertiary/aromatic N) is 1. The van der Waals surface area contributed by atoms with E-state index in [1.165, 1.54) is 0 Å². The third kappa shape index (κ3) is 4.48. The summed E-state index contributed by atoms with van der Waals surface area (Å²) in [5.74, 6) is 1.30. The fourth-order valence-corrected chi connectivity index (χ4v) is 3.32. The van der Waals surface area contributed by atoms with Gasteiger partial charge in [0.1, 0.15) is 11.5 Å². The summed E-state index contributed by atoms with van der Waals surface area (Å²) < 4.78 is 11.2. The van der Waals surface area contributed by atoms with Crippen molar-refractivity contribution in [3.05, 3.63) is 78.3 Å². The van der Waals surface area contributed by atoms with Crippen LogP contribution in [0.1, 0.15) is 17.7 Å². The highest BCUT2D eigenvalue weighted by Crippen LogP contribution is 2.30. The molecule has 1 aliphatic heterocycles. The number of carbonyl (C=O) groups excluding carboxylic acids is 2. The van der Waals surface area contributed by atoms with Gasteiger partial charge in [0.05, 0.1) is 24.4 Å². The largest absolute Gasteiger partial charge is 0.467 e. The SMILES string of the molecule is Cc1ccc(Oc2ccccc2NC(=O)[C@H]2CC(=O)N(Cc3ccco3)C2)cc1. The van der Waals surface area contributed by atoms with Crippen molar-refractivity contribution in [2.24, 2.45) is 5.92 Å². The number of likely N-dealkylation sites (tertiary alicyclic amines) is 1. The number of amides is 2. The Morgan fingerprint density at radius 1 is 1.14 bits per heavy atom. The van der Waals surface area contributed by atoms with Crippen molar-refractivity contribution in [1.82, 2.24) is 4.90 Å². The Hall–Kier alpha value is -3.54. The zero-order chi connectivity index (χ0) is 20.2. The van der Waals surface area contributed by atoms with E-state index in [-0.39, 0.29) is 18.2 Å². The van der Waals surface area contributed by atoms with Gasteiger partial charge in [0.15, 0.2) is 5.75 Å². The first-order valence-electron chi connectivity index (χ1n) is 9.53. The molecule has 6 heteroatoms. The Labute approximate surface area is 169 Å². The number of rotatable bonds is 6. The van der Waals surface area contributed by atoms with Gasteiger partial charge in [-0.2, -0.15) is 0 Å². The Bertz CT molecular complexity index is 996. The summed E-state index contributed by atoms with van der Waals surface area (Å²) >= 11 is 0. The summed E-state index contributed by atoms with van der Waals surface area (Å²) in [5.41, 5.74) is 1.72. The van der Waals surface area contributed by atoms with Crippen molar-refractivity contribution < 1.29 is 18.7 Å². The highest BCUT2D eigenvalue weighted by molar-refractivity contribution is 5.98. The average Bonchev–Trinajstić information content (AvgIpc) is 3.36. The molecule has 29 heavy (non-hydrogen) atoms. The number of hydrogen-bond donors (Lipinski definition) is 1. The topological polar surface area (TPSA) is 71.8 Å². The molecule has 1 saturated heterocycles. The molecule has 0 bridgehead atoms. The van der Waals surface area contributed by atoms with Crippen LogP contribution in [0.4, 0.5) is 5.69 Å². The van der Waals surface area contributed by atoms with Crippen molar-refractivity contribution in [2.75, 3.05) is 11.9 Å². The van der Waals surface area contributed by atoms with Gasteiger partial charge < -0.3 is 19.4 Å². The van der Waals surface area contributed by atoms with Gasteiger partial charge >= 0.3 is 0 Å². The molecule has 148 valence electrons. The van der Waals surface area contributed by atoms with Crippen molar-refractivity contribution in [2.45, 2.75) is 19.9 Å². The van der Waals surface area contributed by atoms with Crippen molar-refractivity contribution >= 4 is 17.5 Å². The van der Waals surface area contributed by atoms with E-state index in [9.17, 15) is 9.59 Å². The third-order valence-electron chi connectivity index (χ3n) is 4.91. The normalized spacial score (nSPS) is 16.1. The number of carbonyl (C=O) groups is 2. The predicted molar refractivity (Wildman–Crippen MR) is 109 cm³/mol. The lowest BCUT2D eigenvalue weighted by molar-refractivity contribution is -0.128. The molecule has 1 aliphatic rings. The third-order valence-corrected chi connectivity index (χ3v) is 4.91. The van der Waals surface area contributed by atoms with E-state index in [1.54, 1.807) is 29.4 Å². The first-order valence-corrected chi connectivity index (χ1v) is 9.53. The summed E-state index contributed by atoms with van der Waals surface area (Å²) in [6.45, 7) is 2.76. The van der Waals surface area contributed by atoms with Crippen LogP contribution in [-0.4, -0.2) is 23.3 Å². The average molecular weight is 390 g/mol. The number of ether oxygens (including phenoxy) is 1. The predicted octanol–water partition coefficient (Wildman–Crippen LogP) is 4.37. The first-order chi connectivity index (χ1) is 14.1. The lowest BCUT2D eigenvalue weighted by Gasteiger charge is -2.16. The number of hydrogen-bond acceptors (Lipinski definition) is 4. The quantitative estimate of drug-likeness (QED) is 0.678. The number of furan rings is 1. The van der Waals surface area contributed by atoms with E-state index in [0.717, 1.165) is 5.56 Å². The van der Waals surface area contributed by atoms with Crippen molar-refractivity contribution in [3.63, 3.8) is 0 Å². The van der Waals surface area contributed by atoms with Gasteiger partial charge in [-0.15, -0.1) is 0 Å². The molecule has 3 aromatic rings. The number of benzene rings is 2. The van der Waals surface area contributed by atoms with E-state index in [1.807, 2.05) is 49.4 Å². The minimum absolute atomic E-state index is 0.0502. The fraction of sp³-hybridized carbons (Fsp3) is 0.217. The Morgan fingerprint density at radius 2 is 1.93 bits per heavy atom. The monoisotopic (exact) mass is 390 g/mol. The molecule has 0 saturated carbocycles. The summed E-state index contributed by atoms with van der Waals surface area (Å²) in [7, 11) is 0. The lowest BCUT2D eigenvalue weighted by Crippen LogP contribution is -2.28. The summed E-state index contributed by atoms with van der Waals surface area (Å²) in [6, 6.07) is 18.6. The van der Waals surface area contributed by atoms with E-state index in [0.29, 0.717) is 36.0 Å². The highest BCUT2D eigenvalue weighted by Gasteiger charge is 2.34. The number of anilines is 1. The molecular formula is C23H22N2O4. The van der Waals surface area contributed by atoms with Crippen molar-refractivity contribution in [3.8, 4) is 11.5 Å². The van der Waals surface area contributed by atoms with Crippen LogP contribution < -0.4 is 10.1 Å². The van der Waals surface area contributed by atoms with E-state index in [4.69, 9.17) is 9.15 Å². The molecule has 6 nitrogen and oxygen atoms in total. The van der Waals surface area contributed by atoms with E-state index < -0.39 is 5.92 Å². The molecule has 1 N–H and O–H groups in total. The van der Waals surface area contributed by atoms with Gasteiger partial charge in [-0.3, -0.25) is 9.59 Å². The minimum Gasteiger partial charge on any atom is -0.467 e. The molecule has 0 unspecified atom stereocenters. The van der Waals surface area contributed by atoms with Crippen LogP contribution in [-0.2, 0) is 16.1 Å². The lowest BCUT2D eigenvalue weighted by atomic mass is 10.1. The maximum absolute atomic E-state index is 12.8. The van der Waals surface area contributed by atoms with Gasteiger partial charge in [-0.05, 0) is 43.3 Å². The summed E-state index contributed by atoms with van der Waals surface area (Å²) in [4.78, 5) is 26.7. The molecule has 0 aliphatic carbocycles. The van der Waals surface area contributed by atoms with E-state index >= 15 is 0 Å². The maximum atomic E-state index is 12.8. The van der Waals surface area contributed by atoms with Crippen molar-refractivity contribution in [1.29, 1.82) is 0 Å². The zero-order valence-corrected chi connectivity index (χ0v) is 16.1. The molecule has 2 aromatic carbocycles. The Balaban J connectivity index is 1.42. The number of nitrogens with one attached hydrogen (secondary N) is 1. The van der Waals surface area contributed by atoms with Gasteiger partial charge in [0, 0.05) is 13.0 Å². The van der Waals surface area contributed by atoms with Gasteiger partial charge in [0.2, 0.25) is 11.8 Å². The minimum atomic E-state index is -0.412. The second kappa shape index (κ2) is 8.22. The molecule has 0 spiro atoms. The van der Waals surface area contributed by atoms with Crippen LogP contribution in [0.3, 0.4) is 0 Å². The standard InChI is InChI=1S/C23H22N2O4/c1-16-8-10-18(11-9-16)29-21-7-3-2-6-20(21)24-23(27)17-13-22(26)25(14-17)15-19-5-4-12-28-19/h2-12,17H,13-15H2,1H3,(H,24,27)/t17-/m0/s1. The van der Waals surface area contributed by atoms with Crippen LogP contribution in [0.25, 0.3) is 0 Å². The zero-order valence-electron chi connectivity index (χ0n) is 16.1. The van der Waals surface area contributed by atoms with Crippen LogP contribution in [0.2, 0.25) is 0 Å². The van der Waals surface area contributed by atoms with Crippen LogP contribution >= 0.6 is 0 Å². The van der Waals surface area contributed by atoms with Gasteiger partial charge in [0.25, 0.3) is 0 Å². The Morgan fingerprint density at radius 3 is 2.69 bits per heavy atom. The second-order valence-corrected chi connectivity index (χ2v) is 7.16. The smallest absolute Gasteiger partial charge is 0.229 e. The number of aryl methyl sites for hydroxylation is 1. The molecule has 2 amide bonds. The summed E-state index contributed by atoms with van der Waals surface area (Å²) in [6.07, 6.45) is 1.76. The molecular weight excluding hydrogens is 368 g/mol. The second-order valence-electron chi connectivity index (χ2n) is 7.16. The summed E-state index contributed by atoms with van der Waals surface area (Å²) in [5, 5.41) is 2.92. The molecule has 4 rings (SSSR count). The maximum Gasteiger partial charge on any atom is 0.229 e.